The molecule has 1 aliphatic heterocycles. The van der Waals surface area contributed by atoms with Gasteiger partial charge in [-0.15, -0.1) is 0 Å². The summed E-state index contributed by atoms with van der Waals surface area (Å²) in [6.45, 7) is 10.3. The molecule has 330 valence electrons. The van der Waals surface area contributed by atoms with Crippen molar-refractivity contribution in [2.75, 3.05) is 39.5 Å². The van der Waals surface area contributed by atoms with Gasteiger partial charge in [0.2, 0.25) is 0 Å². The van der Waals surface area contributed by atoms with E-state index in [4.69, 9.17) is 121 Å². The summed E-state index contributed by atoms with van der Waals surface area (Å²) in [6.07, 6.45) is 4.55. The van der Waals surface area contributed by atoms with Gasteiger partial charge in [-0.25, -0.2) is 4.79 Å². The minimum Gasteiger partial charge on any atom is -1.00 e. The van der Waals surface area contributed by atoms with Crippen molar-refractivity contribution < 1.29 is 51.4 Å². The van der Waals surface area contributed by atoms with E-state index in [-0.39, 0.29) is 71.6 Å². The van der Waals surface area contributed by atoms with E-state index in [0.717, 1.165) is 24.9 Å². The highest BCUT2D eigenvalue weighted by atomic mass is 35.5. The number of nitrogens with one attached hydrogen (secondary N) is 1. The van der Waals surface area contributed by atoms with Gasteiger partial charge in [0.25, 0.3) is 0 Å². The van der Waals surface area contributed by atoms with Crippen molar-refractivity contribution in [3.8, 4) is 34.5 Å². The van der Waals surface area contributed by atoms with Crippen LogP contribution in [0.15, 0.2) is 63.6 Å². The number of ether oxygens (including phenoxy) is 6. The lowest BCUT2D eigenvalue weighted by Gasteiger charge is -2.18. The van der Waals surface area contributed by atoms with Crippen LogP contribution in [0.25, 0.3) is 0 Å². The Morgan fingerprint density at radius 1 is 0.793 bits per heavy atom. The summed E-state index contributed by atoms with van der Waals surface area (Å²) < 4.78 is 33.6. The van der Waals surface area contributed by atoms with Crippen LogP contribution in [0.2, 0.25) is 20.1 Å². The Morgan fingerprint density at radius 3 is 1.67 bits per heavy atom. The lowest BCUT2D eigenvalue weighted by molar-refractivity contribution is -0.368. The number of quaternary nitrogens is 1. The summed E-state index contributed by atoms with van der Waals surface area (Å²) in [4.78, 5) is 12.2. The monoisotopic (exact) mass is 1010 g/mol. The maximum Gasteiger partial charge on any atom is 0.412 e. The minimum absolute atomic E-state index is 0. The fourth-order valence-electron chi connectivity index (χ4n) is 4.43. The highest BCUT2D eigenvalue weighted by Gasteiger charge is 2.32. The van der Waals surface area contributed by atoms with Crippen LogP contribution in [-0.4, -0.2) is 51.2 Å². The molecule has 0 radical (unpaired) electrons. The van der Waals surface area contributed by atoms with Crippen molar-refractivity contribution >= 4 is 109 Å². The number of benzene rings is 3. The summed E-state index contributed by atoms with van der Waals surface area (Å²) >= 11 is 46.7. The third kappa shape index (κ3) is 22.3. The highest BCUT2D eigenvalue weighted by molar-refractivity contribution is 6.92. The molecule has 0 spiro atoms. The first-order valence-corrected chi connectivity index (χ1v) is 19.8. The van der Waals surface area contributed by atoms with E-state index in [0.29, 0.717) is 74.2 Å². The molecule has 0 aromatic heterocycles. The number of hydrogen-bond donors (Lipinski definition) is 2. The van der Waals surface area contributed by atoms with Gasteiger partial charge >= 0.3 is 6.09 Å². The van der Waals surface area contributed by atoms with Gasteiger partial charge in [0.15, 0.2) is 23.0 Å². The van der Waals surface area contributed by atoms with E-state index in [1.807, 2.05) is 39.8 Å². The summed E-state index contributed by atoms with van der Waals surface area (Å²) in [5.74, 6) is 2.77. The zero-order chi connectivity index (χ0) is 40.3. The third-order valence-corrected chi connectivity index (χ3v) is 8.39. The van der Waals surface area contributed by atoms with Gasteiger partial charge in [-0.05, 0) is 38.5 Å². The molecule has 58 heavy (non-hydrogen) atoms. The molecule has 1 aliphatic rings. The summed E-state index contributed by atoms with van der Waals surface area (Å²) in [7, 11) is 0. The average Bonchev–Trinajstić information content (AvgIpc) is 3.42. The fraction of sp³-hybridized carbons (Fsp3) is 0.410. The number of carbonyl (C=O) groups excluding carboxylic acids is 1. The normalized spacial score (nSPS) is 11.1. The van der Waals surface area contributed by atoms with Crippen molar-refractivity contribution in [1.82, 2.24) is 5.32 Å². The molecule has 1 heterocycles. The van der Waals surface area contributed by atoms with Crippen LogP contribution >= 0.6 is 103 Å². The fourth-order valence-corrected chi connectivity index (χ4v) is 5.84. The molecular weight excluding hydrogens is 958 g/mol. The van der Waals surface area contributed by atoms with Gasteiger partial charge in [0.05, 0.1) is 39.8 Å². The number of amides is 1. The second-order valence-corrected chi connectivity index (χ2v) is 15.0. The van der Waals surface area contributed by atoms with Gasteiger partial charge in [-0.1, -0.05) is 134 Å². The standard InChI is InChI=1S/C23H23Cl4NO5.C12H13Cl4NO2.C2H6.2CH4.ClH.H3P/c1-23(2)13-14-5-3-6-18(20(14)33-23)32-22(29)28-8-4-9-31-21-16(24)11-15(12-17(21)25)30-10-7-19(26)27;13-9-6-8(18-5-2-11(15)16)7-10(14)12(9)19-4-1-3-17;1-2;;;;/h3,5-7,11-12H,4,8-10,13H2,1-2H3,(H,28,29);2,6-7H,1,3-5,17H2;1-2H3;2*1H4;1H;1H3. The van der Waals surface area contributed by atoms with Gasteiger partial charge in [0.1, 0.15) is 39.3 Å². The Hall–Kier alpha value is -1.59. The molecule has 3 aromatic carbocycles. The van der Waals surface area contributed by atoms with Gasteiger partial charge in [-0.3, -0.25) is 0 Å². The first-order chi connectivity index (χ1) is 25.7. The average molecular weight is 1010 g/mol. The van der Waals surface area contributed by atoms with E-state index < -0.39 is 6.09 Å². The van der Waals surface area contributed by atoms with Gasteiger partial charge < -0.3 is 51.9 Å². The highest BCUT2D eigenvalue weighted by Crippen LogP contribution is 2.42. The van der Waals surface area contributed by atoms with Crippen molar-refractivity contribution in [3.05, 3.63) is 89.3 Å². The Labute approximate surface area is 393 Å². The second kappa shape index (κ2) is 32.2. The largest absolute Gasteiger partial charge is 1.00 e. The van der Waals surface area contributed by atoms with Crippen molar-refractivity contribution in [2.24, 2.45) is 0 Å². The molecule has 19 heteroatoms. The first kappa shape index (κ1) is 60.7. The first-order valence-electron chi connectivity index (χ1n) is 16.8. The summed E-state index contributed by atoms with van der Waals surface area (Å²) in [6, 6.07) is 11.9. The predicted octanol–water partition coefficient (Wildman–Crippen LogP) is 10.0. The summed E-state index contributed by atoms with van der Waals surface area (Å²) in [5.41, 5.74) is 4.43. The molecule has 9 nitrogen and oxygen atoms in total. The molecule has 0 saturated carbocycles. The number of halogens is 9. The van der Waals surface area contributed by atoms with E-state index in [2.05, 4.69) is 11.1 Å². The molecular formula is C39H54Cl9N2O7P. The molecule has 4 rings (SSSR count). The van der Waals surface area contributed by atoms with E-state index >= 15 is 0 Å². The zero-order valence-corrected chi connectivity index (χ0v) is 39.5. The number of fused-ring (bicyclic) bond motifs is 1. The molecule has 1 amide bonds. The molecule has 0 fully saturated rings. The van der Waals surface area contributed by atoms with Crippen LogP contribution in [0.5, 0.6) is 34.5 Å². The van der Waals surface area contributed by atoms with Crippen LogP contribution in [0.1, 0.15) is 61.0 Å². The Balaban J connectivity index is -0.00000105. The molecule has 1 unspecified atom stereocenters. The summed E-state index contributed by atoms with van der Waals surface area (Å²) in [5, 5.41) is 4.08. The van der Waals surface area contributed by atoms with E-state index in [1.165, 1.54) is 12.2 Å². The topological polar surface area (TPSA) is 112 Å². The Kier molecular flexibility index (Phi) is 33.7. The lowest BCUT2D eigenvalue weighted by atomic mass is 10.0. The maximum atomic E-state index is 12.2. The molecule has 4 N–H and O–H groups in total. The van der Waals surface area contributed by atoms with E-state index in [1.54, 1.807) is 30.3 Å². The van der Waals surface area contributed by atoms with Crippen LogP contribution in [0.3, 0.4) is 0 Å². The molecule has 3 aromatic rings. The predicted molar refractivity (Wildman–Crippen MR) is 246 cm³/mol. The maximum absolute atomic E-state index is 12.2. The molecule has 0 aliphatic carbocycles. The zero-order valence-electron chi connectivity index (χ0n) is 31.2. The van der Waals surface area contributed by atoms with Crippen molar-refractivity contribution in [3.63, 3.8) is 0 Å². The second-order valence-electron chi connectivity index (χ2n) is 11.4. The molecule has 0 bridgehead atoms. The molecule has 1 atom stereocenters. The Bertz CT molecular complexity index is 1680. The quantitative estimate of drug-likeness (QED) is 0.109. The van der Waals surface area contributed by atoms with Crippen LogP contribution < -0.4 is 51.9 Å². The lowest BCUT2D eigenvalue weighted by Crippen LogP contribution is -3.00. The van der Waals surface area contributed by atoms with Crippen molar-refractivity contribution in [2.45, 2.75) is 67.4 Å². The molecule has 0 saturated heterocycles. The van der Waals surface area contributed by atoms with Gasteiger partial charge in [0, 0.05) is 49.2 Å². The minimum atomic E-state index is -0.569. The van der Waals surface area contributed by atoms with Crippen LogP contribution in [-0.2, 0) is 6.42 Å². The van der Waals surface area contributed by atoms with E-state index in [9.17, 15) is 4.79 Å². The number of hydrogen-bond acceptors (Lipinski definition) is 7. The van der Waals surface area contributed by atoms with Crippen LogP contribution in [0.4, 0.5) is 4.79 Å². The Morgan fingerprint density at radius 2 is 1.24 bits per heavy atom. The number of carbonyl (C=O) groups is 1. The number of rotatable bonds is 16. The van der Waals surface area contributed by atoms with Crippen LogP contribution in [0, 0.1) is 0 Å². The third-order valence-electron chi connectivity index (χ3n) is 6.65. The SMILES string of the molecule is C.C.CC.CC1(C)Cc2cccc(OC(=O)NCCCOc3c(Cl)cc(OCC=C(Cl)Cl)cc3Cl)c2O1.P.[Cl-].[NH3+]CCCOc1c(Cl)cc(OCC=C(Cl)Cl)cc1Cl. The smallest absolute Gasteiger partial charge is 0.412 e. The number of para-hydroxylation sites is 1. The van der Waals surface area contributed by atoms with Gasteiger partial charge in [-0.2, -0.15) is 9.90 Å². The van der Waals surface area contributed by atoms with Crippen molar-refractivity contribution in [1.29, 1.82) is 0 Å².